The van der Waals surface area contributed by atoms with Gasteiger partial charge in [-0.1, -0.05) is 29.8 Å². The Bertz CT molecular complexity index is 482. The number of benzene rings is 1. The topological polar surface area (TPSA) is 30.0 Å². The lowest BCUT2D eigenvalue weighted by Gasteiger charge is -2.01. The number of pyridine rings is 1. The second-order valence-corrected chi connectivity index (χ2v) is 3.43. The first-order valence-corrected chi connectivity index (χ1v) is 4.87. The fraction of sp³-hybridized carbons (Fsp3) is 0. The molecule has 1 aromatic carbocycles. The lowest BCUT2D eigenvalue weighted by Crippen LogP contribution is -2.03. The van der Waals surface area contributed by atoms with Crippen molar-refractivity contribution in [3.05, 3.63) is 64.9 Å². The maximum Gasteiger partial charge on any atom is 0.212 e. The Balaban J connectivity index is 2.42. The largest absolute Gasteiger partial charge is 0.287 e. The molecule has 0 saturated heterocycles. The van der Waals surface area contributed by atoms with Gasteiger partial charge in [0.15, 0.2) is 0 Å². The molecule has 2 aromatic rings. The van der Waals surface area contributed by atoms with E-state index in [1.54, 1.807) is 48.7 Å². The van der Waals surface area contributed by atoms with Gasteiger partial charge in [-0.25, -0.2) is 0 Å². The Labute approximate surface area is 92.5 Å². The van der Waals surface area contributed by atoms with Gasteiger partial charge in [0.25, 0.3) is 0 Å². The number of hydrogen-bond acceptors (Lipinski definition) is 2. The standard InChI is InChI=1S/C12H8ClNO/c13-10-6-2-1-5-9(10)12(15)11-7-3-4-8-14-11/h1-8H. The van der Waals surface area contributed by atoms with Crippen LogP contribution in [0.1, 0.15) is 16.1 Å². The van der Waals surface area contributed by atoms with Crippen LogP contribution in [0.5, 0.6) is 0 Å². The highest BCUT2D eigenvalue weighted by Crippen LogP contribution is 2.17. The third-order valence-corrected chi connectivity index (χ3v) is 2.35. The predicted molar refractivity (Wildman–Crippen MR) is 59.1 cm³/mol. The summed E-state index contributed by atoms with van der Waals surface area (Å²) in [6, 6.07) is 12.2. The van der Waals surface area contributed by atoms with Gasteiger partial charge in [-0.3, -0.25) is 9.78 Å². The Hall–Kier alpha value is -1.67. The van der Waals surface area contributed by atoms with Gasteiger partial charge >= 0.3 is 0 Å². The third-order valence-electron chi connectivity index (χ3n) is 2.02. The number of halogens is 1. The molecule has 0 radical (unpaired) electrons. The van der Waals surface area contributed by atoms with Crippen molar-refractivity contribution in [2.24, 2.45) is 0 Å². The molecule has 15 heavy (non-hydrogen) atoms. The van der Waals surface area contributed by atoms with Gasteiger partial charge < -0.3 is 0 Å². The number of nitrogens with zero attached hydrogens (tertiary/aromatic N) is 1. The average molecular weight is 218 g/mol. The first-order chi connectivity index (χ1) is 7.29. The highest BCUT2D eigenvalue weighted by Gasteiger charge is 2.12. The van der Waals surface area contributed by atoms with E-state index in [4.69, 9.17) is 11.6 Å². The van der Waals surface area contributed by atoms with E-state index in [0.29, 0.717) is 16.3 Å². The van der Waals surface area contributed by atoms with Gasteiger partial charge in [0.05, 0.1) is 5.02 Å². The summed E-state index contributed by atoms with van der Waals surface area (Å²) < 4.78 is 0. The molecule has 1 aromatic heterocycles. The molecule has 2 nitrogen and oxygen atoms in total. The van der Waals surface area contributed by atoms with Crippen LogP contribution < -0.4 is 0 Å². The van der Waals surface area contributed by atoms with Crippen molar-refractivity contribution in [3.63, 3.8) is 0 Å². The van der Waals surface area contributed by atoms with Crippen LogP contribution in [0.2, 0.25) is 5.02 Å². The highest BCUT2D eigenvalue weighted by molar-refractivity contribution is 6.34. The molecule has 0 fully saturated rings. The van der Waals surface area contributed by atoms with E-state index >= 15 is 0 Å². The summed E-state index contributed by atoms with van der Waals surface area (Å²) in [7, 11) is 0. The van der Waals surface area contributed by atoms with E-state index in [0.717, 1.165) is 0 Å². The number of carbonyl (C=O) groups excluding carboxylic acids is 1. The van der Waals surface area contributed by atoms with Crippen LogP contribution in [0.4, 0.5) is 0 Å². The van der Waals surface area contributed by atoms with Crippen LogP contribution in [0.3, 0.4) is 0 Å². The summed E-state index contributed by atoms with van der Waals surface area (Å²) in [5.74, 6) is -0.152. The van der Waals surface area contributed by atoms with Crippen molar-refractivity contribution in [2.75, 3.05) is 0 Å². The molecule has 0 aliphatic heterocycles. The van der Waals surface area contributed by atoms with E-state index in [2.05, 4.69) is 4.98 Å². The Morgan fingerprint density at radius 2 is 1.80 bits per heavy atom. The normalized spacial score (nSPS) is 9.93. The zero-order valence-corrected chi connectivity index (χ0v) is 8.61. The summed E-state index contributed by atoms with van der Waals surface area (Å²) >= 11 is 5.92. The van der Waals surface area contributed by atoms with Crippen LogP contribution >= 0.6 is 11.6 Å². The minimum atomic E-state index is -0.152. The van der Waals surface area contributed by atoms with Gasteiger partial charge in [0, 0.05) is 11.8 Å². The van der Waals surface area contributed by atoms with Gasteiger partial charge in [0.2, 0.25) is 5.78 Å². The lowest BCUT2D eigenvalue weighted by atomic mass is 10.1. The molecule has 2 rings (SSSR count). The minimum absolute atomic E-state index is 0.152. The quantitative estimate of drug-likeness (QED) is 0.724. The predicted octanol–water partition coefficient (Wildman–Crippen LogP) is 2.97. The maximum absolute atomic E-state index is 11.9. The van der Waals surface area contributed by atoms with Crippen LogP contribution in [-0.4, -0.2) is 10.8 Å². The minimum Gasteiger partial charge on any atom is -0.287 e. The Morgan fingerprint density at radius 3 is 2.47 bits per heavy atom. The molecule has 1 heterocycles. The monoisotopic (exact) mass is 217 g/mol. The number of carbonyl (C=O) groups is 1. The van der Waals surface area contributed by atoms with Crippen molar-refractivity contribution < 1.29 is 4.79 Å². The van der Waals surface area contributed by atoms with E-state index in [9.17, 15) is 4.79 Å². The van der Waals surface area contributed by atoms with Crippen molar-refractivity contribution in [3.8, 4) is 0 Å². The summed E-state index contributed by atoms with van der Waals surface area (Å²) in [6.07, 6.45) is 1.59. The molecule has 0 N–H and O–H groups in total. The van der Waals surface area contributed by atoms with E-state index in [1.807, 2.05) is 0 Å². The Morgan fingerprint density at radius 1 is 1.07 bits per heavy atom. The van der Waals surface area contributed by atoms with Gasteiger partial charge in [-0.2, -0.15) is 0 Å². The van der Waals surface area contributed by atoms with Crippen molar-refractivity contribution >= 4 is 17.4 Å². The molecule has 0 spiro atoms. The highest BCUT2D eigenvalue weighted by atomic mass is 35.5. The fourth-order valence-electron chi connectivity index (χ4n) is 1.28. The number of hydrogen-bond donors (Lipinski definition) is 0. The summed E-state index contributed by atoms with van der Waals surface area (Å²) in [4.78, 5) is 15.9. The molecular weight excluding hydrogens is 210 g/mol. The van der Waals surface area contributed by atoms with Crippen molar-refractivity contribution in [2.45, 2.75) is 0 Å². The summed E-state index contributed by atoms with van der Waals surface area (Å²) in [6.45, 7) is 0. The van der Waals surface area contributed by atoms with Crippen LogP contribution in [0.15, 0.2) is 48.7 Å². The summed E-state index contributed by atoms with van der Waals surface area (Å²) in [5.41, 5.74) is 0.892. The first kappa shape index (κ1) is 9.87. The molecule has 0 unspecified atom stereocenters. The molecule has 0 bridgehead atoms. The second kappa shape index (κ2) is 4.24. The lowest BCUT2D eigenvalue weighted by molar-refractivity contribution is 0.103. The van der Waals surface area contributed by atoms with Crippen LogP contribution in [0, 0.1) is 0 Å². The Kier molecular flexibility index (Phi) is 2.79. The molecular formula is C12H8ClNO. The smallest absolute Gasteiger partial charge is 0.212 e. The number of aromatic nitrogens is 1. The van der Waals surface area contributed by atoms with Gasteiger partial charge in [0.1, 0.15) is 5.69 Å². The van der Waals surface area contributed by atoms with E-state index in [-0.39, 0.29) is 5.78 Å². The zero-order chi connectivity index (χ0) is 10.7. The zero-order valence-electron chi connectivity index (χ0n) is 7.85. The SMILES string of the molecule is O=C(c1ccccn1)c1ccccc1Cl. The molecule has 0 amide bonds. The van der Waals surface area contributed by atoms with Crippen molar-refractivity contribution in [1.29, 1.82) is 0 Å². The molecule has 3 heteroatoms. The maximum atomic E-state index is 11.9. The van der Waals surface area contributed by atoms with Crippen LogP contribution in [-0.2, 0) is 0 Å². The third kappa shape index (κ3) is 2.05. The molecule has 0 aliphatic rings. The van der Waals surface area contributed by atoms with Crippen LogP contribution in [0.25, 0.3) is 0 Å². The van der Waals surface area contributed by atoms with Gasteiger partial charge in [-0.05, 0) is 24.3 Å². The molecule has 0 atom stereocenters. The van der Waals surface area contributed by atoms with E-state index < -0.39 is 0 Å². The number of ketones is 1. The fourth-order valence-corrected chi connectivity index (χ4v) is 1.50. The molecule has 0 saturated carbocycles. The first-order valence-electron chi connectivity index (χ1n) is 4.49. The molecule has 74 valence electrons. The average Bonchev–Trinajstić information content (AvgIpc) is 2.30. The van der Waals surface area contributed by atoms with Crippen molar-refractivity contribution in [1.82, 2.24) is 4.98 Å². The second-order valence-electron chi connectivity index (χ2n) is 3.02. The number of rotatable bonds is 2. The van der Waals surface area contributed by atoms with E-state index in [1.165, 1.54) is 0 Å². The van der Waals surface area contributed by atoms with Gasteiger partial charge in [-0.15, -0.1) is 0 Å². The summed E-state index contributed by atoms with van der Waals surface area (Å²) in [5, 5.41) is 0.452. The molecule has 0 aliphatic carbocycles.